The lowest BCUT2D eigenvalue weighted by molar-refractivity contribution is 0.567. The zero-order valence-electron chi connectivity index (χ0n) is 9.69. The van der Waals surface area contributed by atoms with E-state index in [1.54, 1.807) is 6.08 Å². The van der Waals surface area contributed by atoms with E-state index in [9.17, 15) is 0 Å². The van der Waals surface area contributed by atoms with Crippen LogP contribution in [0.1, 0.15) is 19.3 Å². The smallest absolute Gasteiger partial charge is 0.231 e. The van der Waals surface area contributed by atoms with Crippen molar-refractivity contribution in [2.75, 3.05) is 29.9 Å². The molecule has 1 fully saturated rings. The van der Waals surface area contributed by atoms with Crippen molar-refractivity contribution in [1.29, 1.82) is 0 Å². The quantitative estimate of drug-likeness (QED) is 0.833. The highest BCUT2D eigenvalue weighted by molar-refractivity contribution is 6.28. The maximum absolute atomic E-state index is 5.89. The van der Waals surface area contributed by atoms with Gasteiger partial charge in [-0.1, -0.05) is 6.08 Å². The lowest BCUT2D eigenvalue weighted by Crippen LogP contribution is -2.31. The molecule has 2 rings (SSSR count). The predicted octanol–water partition coefficient (Wildman–Crippen LogP) is 2.11. The van der Waals surface area contributed by atoms with Crippen molar-refractivity contribution in [2.24, 2.45) is 0 Å². The zero-order valence-corrected chi connectivity index (χ0v) is 10.4. The molecule has 0 aromatic carbocycles. The van der Waals surface area contributed by atoms with Gasteiger partial charge in [-0.15, -0.1) is 6.58 Å². The SMILES string of the molecule is C=CCNc1nc(Cl)nc(N2CCCCC2)n1. The first kappa shape index (κ1) is 12.1. The molecule has 0 saturated carbocycles. The van der Waals surface area contributed by atoms with Gasteiger partial charge in [0.1, 0.15) is 0 Å². The average molecular weight is 254 g/mol. The summed E-state index contributed by atoms with van der Waals surface area (Å²) < 4.78 is 0. The number of hydrogen-bond acceptors (Lipinski definition) is 5. The van der Waals surface area contributed by atoms with E-state index in [0.29, 0.717) is 18.4 Å². The van der Waals surface area contributed by atoms with Gasteiger partial charge < -0.3 is 10.2 Å². The number of aromatic nitrogens is 3. The highest BCUT2D eigenvalue weighted by Crippen LogP contribution is 2.18. The second kappa shape index (κ2) is 5.82. The second-order valence-electron chi connectivity index (χ2n) is 3.95. The number of rotatable bonds is 4. The van der Waals surface area contributed by atoms with E-state index in [-0.39, 0.29) is 5.28 Å². The van der Waals surface area contributed by atoms with E-state index in [1.807, 2.05) is 0 Å². The molecule has 0 unspecified atom stereocenters. The highest BCUT2D eigenvalue weighted by atomic mass is 35.5. The van der Waals surface area contributed by atoms with Crippen molar-refractivity contribution in [3.05, 3.63) is 17.9 Å². The summed E-state index contributed by atoms with van der Waals surface area (Å²) in [4.78, 5) is 14.7. The minimum atomic E-state index is 0.229. The fraction of sp³-hybridized carbons (Fsp3) is 0.545. The summed E-state index contributed by atoms with van der Waals surface area (Å²) in [6.07, 6.45) is 5.38. The molecule has 1 N–H and O–H groups in total. The third kappa shape index (κ3) is 3.30. The fourth-order valence-electron chi connectivity index (χ4n) is 1.82. The topological polar surface area (TPSA) is 53.9 Å². The van der Waals surface area contributed by atoms with E-state index >= 15 is 0 Å². The van der Waals surface area contributed by atoms with Crippen molar-refractivity contribution in [2.45, 2.75) is 19.3 Å². The van der Waals surface area contributed by atoms with Gasteiger partial charge in [0.25, 0.3) is 0 Å². The molecule has 0 aliphatic carbocycles. The number of anilines is 2. The largest absolute Gasteiger partial charge is 0.351 e. The van der Waals surface area contributed by atoms with Crippen LogP contribution in [0.3, 0.4) is 0 Å². The maximum Gasteiger partial charge on any atom is 0.231 e. The second-order valence-corrected chi connectivity index (χ2v) is 4.28. The average Bonchev–Trinajstić information content (AvgIpc) is 2.37. The van der Waals surface area contributed by atoms with Crippen LogP contribution in [0.2, 0.25) is 5.28 Å². The molecule has 92 valence electrons. The number of nitrogens with zero attached hydrogens (tertiary/aromatic N) is 4. The van der Waals surface area contributed by atoms with Crippen LogP contribution in [-0.4, -0.2) is 34.6 Å². The summed E-state index contributed by atoms with van der Waals surface area (Å²) >= 11 is 5.89. The van der Waals surface area contributed by atoms with Crippen molar-refractivity contribution in [1.82, 2.24) is 15.0 Å². The first-order valence-corrected chi connectivity index (χ1v) is 6.18. The minimum absolute atomic E-state index is 0.229. The van der Waals surface area contributed by atoms with Crippen molar-refractivity contribution >= 4 is 23.5 Å². The molecule has 0 spiro atoms. The Morgan fingerprint density at radius 3 is 2.71 bits per heavy atom. The molecule has 1 aliphatic heterocycles. The van der Waals surface area contributed by atoms with E-state index in [1.165, 1.54) is 19.3 Å². The van der Waals surface area contributed by atoms with Crippen LogP contribution < -0.4 is 10.2 Å². The first-order valence-electron chi connectivity index (χ1n) is 5.81. The third-order valence-corrected chi connectivity index (χ3v) is 2.81. The molecule has 1 aromatic heterocycles. The summed E-state index contributed by atoms with van der Waals surface area (Å²) in [5.74, 6) is 1.17. The molecule has 0 amide bonds. The highest BCUT2D eigenvalue weighted by Gasteiger charge is 2.15. The molecule has 1 aliphatic rings. The number of nitrogens with one attached hydrogen (secondary N) is 1. The van der Waals surface area contributed by atoms with Gasteiger partial charge in [0.2, 0.25) is 17.2 Å². The number of hydrogen-bond donors (Lipinski definition) is 1. The Morgan fingerprint density at radius 1 is 1.24 bits per heavy atom. The lowest BCUT2D eigenvalue weighted by Gasteiger charge is -2.26. The molecule has 0 atom stereocenters. The number of piperidine rings is 1. The Labute approximate surface area is 106 Å². The van der Waals surface area contributed by atoms with Gasteiger partial charge in [-0.3, -0.25) is 0 Å². The van der Waals surface area contributed by atoms with Crippen LogP contribution in [-0.2, 0) is 0 Å². The van der Waals surface area contributed by atoms with Crippen LogP contribution >= 0.6 is 11.6 Å². The third-order valence-electron chi connectivity index (χ3n) is 2.64. The van der Waals surface area contributed by atoms with Crippen LogP contribution in [0.4, 0.5) is 11.9 Å². The van der Waals surface area contributed by atoms with Gasteiger partial charge in [-0.05, 0) is 30.9 Å². The molecule has 0 radical (unpaired) electrons. The van der Waals surface area contributed by atoms with Crippen molar-refractivity contribution in [3.63, 3.8) is 0 Å². The van der Waals surface area contributed by atoms with Gasteiger partial charge in [-0.25, -0.2) is 0 Å². The van der Waals surface area contributed by atoms with E-state index in [0.717, 1.165) is 13.1 Å². The van der Waals surface area contributed by atoms with Crippen LogP contribution in [0, 0.1) is 0 Å². The van der Waals surface area contributed by atoms with Gasteiger partial charge in [0.15, 0.2) is 0 Å². The number of halogens is 1. The predicted molar refractivity (Wildman–Crippen MR) is 69.6 cm³/mol. The molecule has 17 heavy (non-hydrogen) atoms. The van der Waals surface area contributed by atoms with Gasteiger partial charge in [-0.2, -0.15) is 15.0 Å². The van der Waals surface area contributed by atoms with Crippen molar-refractivity contribution < 1.29 is 0 Å². The van der Waals surface area contributed by atoms with Crippen LogP contribution in [0.15, 0.2) is 12.7 Å². The van der Waals surface area contributed by atoms with Gasteiger partial charge >= 0.3 is 0 Å². The normalized spacial score (nSPS) is 15.7. The molecular formula is C11H16ClN5. The van der Waals surface area contributed by atoms with Crippen LogP contribution in [0.5, 0.6) is 0 Å². The summed E-state index contributed by atoms with van der Waals surface area (Å²) in [5, 5.41) is 3.25. The van der Waals surface area contributed by atoms with E-state index in [4.69, 9.17) is 11.6 Å². The summed E-state index contributed by atoms with van der Waals surface area (Å²) in [5.41, 5.74) is 0. The monoisotopic (exact) mass is 253 g/mol. The van der Waals surface area contributed by atoms with Crippen LogP contribution in [0.25, 0.3) is 0 Å². The van der Waals surface area contributed by atoms with Gasteiger partial charge in [0.05, 0.1) is 0 Å². The molecule has 5 nitrogen and oxygen atoms in total. The fourth-order valence-corrected chi connectivity index (χ4v) is 1.97. The van der Waals surface area contributed by atoms with E-state index < -0.39 is 0 Å². The Bertz CT molecular complexity index is 389. The zero-order chi connectivity index (χ0) is 12.1. The standard InChI is InChI=1S/C11H16ClN5/c1-2-6-13-10-14-9(12)15-11(16-10)17-7-4-3-5-8-17/h2H,1,3-8H2,(H,13,14,15,16). The minimum Gasteiger partial charge on any atom is -0.351 e. The summed E-state index contributed by atoms with van der Waals surface area (Å²) in [6, 6.07) is 0. The lowest BCUT2D eigenvalue weighted by atomic mass is 10.1. The Hall–Kier alpha value is -1.36. The molecule has 0 bridgehead atoms. The van der Waals surface area contributed by atoms with E-state index in [2.05, 4.69) is 31.7 Å². The Morgan fingerprint density at radius 2 is 2.00 bits per heavy atom. The van der Waals surface area contributed by atoms with Crippen molar-refractivity contribution in [3.8, 4) is 0 Å². The molecule has 1 saturated heterocycles. The summed E-state index contributed by atoms with van der Waals surface area (Å²) in [7, 11) is 0. The molecular weight excluding hydrogens is 238 g/mol. The first-order chi connectivity index (χ1) is 8.29. The molecule has 1 aromatic rings. The maximum atomic E-state index is 5.89. The van der Waals surface area contributed by atoms with Gasteiger partial charge in [0, 0.05) is 19.6 Å². The Kier molecular flexibility index (Phi) is 4.14. The molecule has 2 heterocycles. The Balaban J connectivity index is 2.14. The summed E-state index contributed by atoms with van der Waals surface area (Å²) in [6.45, 7) is 6.22. The molecule has 6 heteroatoms.